The van der Waals surface area contributed by atoms with E-state index in [-0.39, 0.29) is 0 Å². The second-order valence-electron chi connectivity index (χ2n) is 4.90. The fourth-order valence-electron chi connectivity index (χ4n) is 2.45. The van der Waals surface area contributed by atoms with Crippen LogP contribution in [-0.2, 0) is 21.0 Å². The molecule has 0 aromatic heterocycles. The molecule has 0 unspecified atom stereocenters. The fourth-order valence-corrected chi connectivity index (χ4v) is 3.82. The molecular formula is C14H18O4S. The van der Waals surface area contributed by atoms with E-state index >= 15 is 0 Å². The molecule has 0 N–H and O–H groups in total. The second-order valence-corrected chi connectivity index (χ2v) is 6.85. The van der Waals surface area contributed by atoms with Crippen LogP contribution in [0.1, 0.15) is 47.2 Å². The minimum Gasteiger partial charge on any atom is -0.465 e. The molecular weight excluding hydrogens is 264 g/mol. The highest BCUT2D eigenvalue weighted by atomic mass is 32.2. The van der Waals surface area contributed by atoms with Crippen LogP contribution in [0.3, 0.4) is 0 Å². The molecule has 1 aromatic rings. The zero-order valence-electron chi connectivity index (χ0n) is 11.4. The highest BCUT2D eigenvalue weighted by molar-refractivity contribution is 7.90. The van der Waals surface area contributed by atoms with Crippen molar-refractivity contribution in [2.24, 2.45) is 0 Å². The number of methoxy groups -OCH3 is 1. The summed E-state index contributed by atoms with van der Waals surface area (Å²) in [5, 5.41) is 0. The molecule has 0 aliphatic heterocycles. The Balaban J connectivity index is 2.73. The van der Waals surface area contributed by atoms with Crippen molar-refractivity contribution in [1.29, 1.82) is 0 Å². The van der Waals surface area contributed by atoms with Crippen LogP contribution in [0.2, 0.25) is 0 Å². The third-order valence-corrected chi connectivity index (χ3v) is 4.66. The molecule has 0 saturated heterocycles. The molecule has 19 heavy (non-hydrogen) atoms. The Hall–Kier alpha value is -1.36. The second kappa shape index (κ2) is 4.96. The summed E-state index contributed by atoms with van der Waals surface area (Å²) in [6.45, 7) is 1.85. The van der Waals surface area contributed by atoms with Gasteiger partial charge in [0.25, 0.3) is 0 Å². The summed E-state index contributed by atoms with van der Waals surface area (Å²) in [5.41, 5.74) is 1.79. The minimum atomic E-state index is -3.35. The van der Waals surface area contributed by atoms with E-state index in [4.69, 9.17) is 4.74 Å². The first-order valence-corrected chi connectivity index (χ1v) is 8.23. The summed E-state index contributed by atoms with van der Waals surface area (Å²) in [6.07, 6.45) is 3.73. The molecule has 0 radical (unpaired) electrons. The lowest BCUT2D eigenvalue weighted by Crippen LogP contribution is -2.13. The average molecular weight is 282 g/mol. The van der Waals surface area contributed by atoms with Crippen LogP contribution in [0.15, 0.2) is 17.0 Å². The summed E-state index contributed by atoms with van der Waals surface area (Å²) < 4.78 is 28.9. The molecule has 1 aromatic carbocycles. The summed E-state index contributed by atoms with van der Waals surface area (Å²) in [7, 11) is -2.05. The molecule has 0 atom stereocenters. The quantitative estimate of drug-likeness (QED) is 0.795. The highest BCUT2D eigenvalue weighted by Crippen LogP contribution is 2.44. The van der Waals surface area contributed by atoms with Crippen LogP contribution < -0.4 is 0 Å². The average Bonchev–Trinajstić information content (AvgIpc) is 3.19. The lowest BCUT2D eigenvalue weighted by atomic mass is 9.99. The van der Waals surface area contributed by atoms with Crippen molar-refractivity contribution in [3.05, 3.63) is 28.8 Å². The Morgan fingerprint density at radius 2 is 2.00 bits per heavy atom. The number of sulfone groups is 1. The Kier molecular flexibility index (Phi) is 3.67. The Morgan fingerprint density at radius 3 is 2.42 bits per heavy atom. The summed E-state index contributed by atoms with van der Waals surface area (Å²) in [4.78, 5) is 12.1. The number of carbonyl (C=O) groups excluding carboxylic acids is 1. The van der Waals surface area contributed by atoms with Crippen molar-refractivity contribution < 1.29 is 17.9 Å². The van der Waals surface area contributed by atoms with Gasteiger partial charge in [0.1, 0.15) is 0 Å². The van der Waals surface area contributed by atoms with Gasteiger partial charge in [-0.1, -0.05) is 13.0 Å². The van der Waals surface area contributed by atoms with Crippen molar-refractivity contribution in [3.63, 3.8) is 0 Å². The van der Waals surface area contributed by atoms with E-state index in [1.165, 1.54) is 13.4 Å². The van der Waals surface area contributed by atoms with Crippen molar-refractivity contribution in [2.75, 3.05) is 13.4 Å². The van der Waals surface area contributed by atoms with E-state index < -0.39 is 15.8 Å². The number of hydrogen-bond donors (Lipinski definition) is 0. The molecule has 0 amide bonds. The number of carbonyl (C=O) groups is 1. The molecule has 5 heteroatoms. The first-order chi connectivity index (χ1) is 8.90. The molecule has 1 saturated carbocycles. The molecule has 1 aliphatic carbocycles. The van der Waals surface area contributed by atoms with Crippen molar-refractivity contribution >= 4 is 15.8 Å². The van der Waals surface area contributed by atoms with Gasteiger partial charge >= 0.3 is 5.97 Å². The zero-order chi connectivity index (χ0) is 14.2. The summed E-state index contributed by atoms with van der Waals surface area (Å²) in [6, 6.07) is 3.45. The monoisotopic (exact) mass is 282 g/mol. The van der Waals surface area contributed by atoms with Crippen LogP contribution in [-0.4, -0.2) is 27.8 Å². The number of benzene rings is 1. The minimum absolute atomic E-state index is 0.321. The third kappa shape index (κ3) is 2.66. The fraction of sp³-hybridized carbons (Fsp3) is 0.500. The van der Waals surface area contributed by atoms with Crippen molar-refractivity contribution in [3.8, 4) is 0 Å². The maximum absolute atomic E-state index is 12.1. The topological polar surface area (TPSA) is 60.4 Å². The predicted octanol–water partition coefficient (Wildman–Crippen LogP) is 2.32. The lowest BCUT2D eigenvalue weighted by molar-refractivity contribution is 0.0599. The zero-order valence-corrected chi connectivity index (χ0v) is 12.2. The van der Waals surface area contributed by atoms with Crippen LogP contribution >= 0.6 is 0 Å². The van der Waals surface area contributed by atoms with Crippen LogP contribution in [0.5, 0.6) is 0 Å². The van der Waals surface area contributed by atoms with Crippen molar-refractivity contribution in [2.45, 2.75) is 37.0 Å². The molecule has 1 aliphatic rings. The van der Waals surface area contributed by atoms with E-state index in [9.17, 15) is 13.2 Å². The number of hydrogen-bond acceptors (Lipinski definition) is 4. The number of rotatable bonds is 4. The van der Waals surface area contributed by atoms with Gasteiger partial charge in [0.05, 0.1) is 17.6 Å². The molecule has 0 bridgehead atoms. The maximum Gasteiger partial charge on any atom is 0.338 e. The van der Waals surface area contributed by atoms with E-state index in [1.807, 2.05) is 6.92 Å². The molecule has 0 heterocycles. The van der Waals surface area contributed by atoms with Gasteiger partial charge in [0.15, 0.2) is 9.84 Å². The van der Waals surface area contributed by atoms with Gasteiger partial charge in [-0.05, 0) is 42.4 Å². The summed E-state index contributed by atoms with van der Waals surface area (Å²) in [5.74, 6) is -0.161. The highest BCUT2D eigenvalue weighted by Gasteiger charge is 2.32. The van der Waals surface area contributed by atoms with Gasteiger partial charge < -0.3 is 4.74 Å². The molecule has 4 nitrogen and oxygen atoms in total. The van der Waals surface area contributed by atoms with Gasteiger partial charge in [-0.15, -0.1) is 0 Å². The molecule has 2 rings (SSSR count). The summed E-state index contributed by atoms with van der Waals surface area (Å²) >= 11 is 0. The number of ether oxygens (including phenoxy) is 1. The van der Waals surface area contributed by atoms with Gasteiger partial charge in [-0.2, -0.15) is 0 Å². The SMILES string of the molecule is CCc1c(C(=O)OC)ccc(C2CC2)c1S(C)(=O)=O. The van der Waals surface area contributed by atoms with Gasteiger partial charge in [0.2, 0.25) is 0 Å². The maximum atomic E-state index is 12.1. The molecule has 1 fully saturated rings. The standard InChI is InChI=1S/C14H18O4S/c1-4-10-12(14(15)18-2)8-7-11(9-5-6-9)13(10)19(3,16)17/h7-9H,4-6H2,1-3H3. The molecule has 104 valence electrons. The first-order valence-electron chi connectivity index (χ1n) is 6.34. The van der Waals surface area contributed by atoms with Gasteiger partial charge in [0, 0.05) is 6.26 Å². The predicted molar refractivity (Wildman–Crippen MR) is 72.2 cm³/mol. The van der Waals surface area contributed by atoms with Crippen molar-refractivity contribution in [1.82, 2.24) is 0 Å². The molecule has 0 spiro atoms. The largest absolute Gasteiger partial charge is 0.465 e. The van der Waals surface area contributed by atoms with Crippen LogP contribution in [0.4, 0.5) is 0 Å². The van der Waals surface area contributed by atoms with E-state index in [0.717, 1.165) is 18.4 Å². The third-order valence-electron chi connectivity index (χ3n) is 3.44. The Bertz CT molecular complexity index is 613. The normalized spacial score (nSPS) is 15.3. The Labute approximate surface area is 113 Å². The van der Waals surface area contributed by atoms with E-state index in [2.05, 4.69) is 0 Å². The van der Waals surface area contributed by atoms with Crippen LogP contribution in [0.25, 0.3) is 0 Å². The lowest BCUT2D eigenvalue weighted by Gasteiger charge is -2.15. The van der Waals surface area contributed by atoms with E-state index in [1.54, 1.807) is 12.1 Å². The Morgan fingerprint density at radius 1 is 1.37 bits per heavy atom. The van der Waals surface area contributed by atoms with E-state index in [0.29, 0.717) is 28.4 Å². The smallest absolute Gasteiger partial charge is 0.338 e. The van der Waals surface area contributed by atoms with Crippen LogP contribution in [0, 0.1) is 0 Å². The number of esters is 1. The van der Waals surface area contributed by atoms with Gasteiger partial charge in [-0.3, -0.25) is 0 Å². The first kappa shape index (κ1) is 14.1. The van der Waals surface area contributed by atoms with Gasteiger partial charge in [-0.25, -0.2) is 13.2 Å².